The van der Waals surface area contributed by atoms with E-state index < -0.39 is 0 Å². The van der Waals surface area contributed by atoms with Gasteiger partial charge in [0.05, 0.1) is 13.0 Å². The van der Waals surface area contributed by atoms with Crippen LogP contribution in [0.3, 0.4) is 0 Å². The van der Waals surface area contributed by atoms with Crippen LogP contribution in [0.5, 0.6) is 0 Å². The van der Waals surface area contributed by atoms with Gasteiger partial charge in [-0.25, -0.2) is 4.98 Å². The highest BCUT2D eigenvalue weighted by Crippen LogP contribution is 2.18. The Morgan fingerprint density at radius 3 is 2.90 bits per heavy atom. The van der Waals surface area contributed by atoms with Crippen molar-refractivity contribution in [3.63, 3.8) is 0 Å². The summed E-state index contributed by atoms with van der Waals surface area (Å²) in [4.78, 5) is 21.4. The molecule has 1 amide bonds. The first-order valence-electron chi connectivity index (χ1n) is 6.80. The van der Waals surface area contributed by atoms with Gasteiger partial charge in [-0.1, -0.05) is 18.2 Å². The van der Waals surface area contributed by atoms with Crippen molar-refractivity contribution < 1.29 is 4.79 Å². The first kappa shape index (κ1) is 13.4. The maximum absolute atomic E-state index is 12.3. The number of likely N-dealkylation sites (N-methyl/N-ethyl adjacent to an activating group) is 1. The van der Waals surface area contributed by atoms with Crippen molar-refractivity contribution >= 4 is 16.8 Å². The second-order valence-electron chi connectivity index (χ2n) is 5.12. The molecule has 3 aromatic rings. The third-order valence-electron chi connectivity index (χ3n) is 3.46. The number of fused-ring (bicyclic) bond motifs is 1. The summed E-state index contributed by atoms with van der Waals surface area (Å²) in [7, 11) is 1.77. The van der Waals surface area contributed by atoms with Crippen molar-refractivity contribution in [3.8, 4) is 0 Å². The molecule has 3 rings (SSSR count). The molecule has 2 N–H and O–H groups in total. The molecule has 6 heteroatoms. The van der Waals surface area contributed by atoms with Gasteiger partial charge in [0.15, 0.2) is 5.82 Å². The van der Waals surface area contributed by atoms with Gasteiger partial charge in [-0.05, 0) is 18.6 Å². The van der Waals surface area contributed by atoms with Crippen LogP contribution in [-0.4, -0.2) is 38.0 Å². The second-order valence-corrected chi connectivity index (χ2v) is 5.12. The number of rotatable bonds is 4. The Morgan fingerprint density at radius 2 is 2.14 bits per heavy atom. The Labute approximate surface area is 122 Å². The lowest BCUT2D eigenvalue weighted by molar-refractivity contribution is -0.129. The minimum atomic E-state index is 0.0437. The molecule has 0 fully saturated rings. The predicted octanol–water partition coefficient (Wildman–Crippen LogP) is 1.80. The molecule has 0 saturated heterocycles. The van der Waals surface area contributed by atoms with Crippen molar-refractivity contribution in [1.29, 1.82) is 0 Å². The first-order chi connectivity index (χ1) is 10.1. The van der Waals surface area contributed by atoms with E-state index in [0.29, 0.717) is 18.8 Å². The molecule has 6 nitrogen and oxygen atoms in total. The highest BCUT2D eigenvalue weighted by molar-refractivity contribution is 5.88. The summed E-state index contributed by atoms with van der Waals surface area (Å²) >= 11 is 0. The zero-order valence-electron chi connectivity index (χ0n) is 12.1. The van der Waals surface area contributed by atoms with Crippen LogP contribution in [0.1, 0.15) is 17.2 Å². The third-order valence-corrected chi connectivity index (χ3v) is 3.46. The van der Waals surface area contributed by atoms with Crippen molar-refractivity contribution in [2.45, 2.75) is 19.9 Å². The van der Waals surface area contributed by atoms with Crippen molar-refractivity contribution in [1.82, 2.24) is 25.1 Å². The van der Waals surface area contributed by atoms with Crippen LogP contribution in [0.2, 0.25) is 0 Å². The van der Waals surface area contributed by atoms with E-state index in [0.717, 1.165) is 22.3 Å². The summed E-state index contributed by atoms with van der Waals surface area (Å²) in [5.74, 6) is 1.42. The van der Waals surface area contributed by atoms with Crippen LogP contribution >= 0.6 is 0 Å². The van der Waals surface area contributed by atoms with Crippen LogP contribution in [-0.2, 0) is 17.8 Å². The number of carbonyl (C=O) groups excluding carboxylic acids is 1. The van der Waals surface area contributed by atoms with Gasteiger partial charge < -0.3 is 9.88 Å². The minimum absolute atomic E-state index is 0.0437. The van der Waals surface area contributed by atoms with Crippen molar-refractivity contribution in [2.24, 2.45) is 0 Å². The fraction of sp³-hybridized carbons (Fsp3) is 0.267. The SMILES string of the molecule is Cc1nc(CN(C)C(=O)Cc2c[nH]c3ccccc23)n[nH]1. The maximum atomic E-state index is 12.3. The summed E-state index contributed by atoms with van der Waals surface area (Å²) in [6.07, 6.45) is 2.26. The molecular formula is C15H17N5O. The molecular weight excluding hydrogens is 266 g/mol. The number of hydrogen-bond donors (Lipinski definition) is 2. The molecule has 0 bridgehead atoms. The molecule has 0 unspecified atom stereocenters. The number of hydrogen-bond acceptors (Lipinski definition) is 3. The lowest BCUT2D eigenvalue weighted by Gasteiger charge is -2.14. The molecule has 0 atom stereocenters. The van der Waals surface area contributed by atoms with E-state index in [1.54, 1.807) is 11.9 Å². The van der Waals surface area contributed by atoms with Crippen molar-refractivity contribution in [3.05, 3.63) is 47.7 Å². The Morgan fingerprint density at radius 1 is 1.33 bits per heavy atom. The van der Waals surface area contributed by atoms with Gasteiger partial charge in [-0.15, -0.1) is 0 Å². The first-order valence-corrected chi connectivity index (χ1v) is 6.80. The van der Waals surface area contributed by atoms with E-state index in [1.807, 2.05) is 37.4 Å². The number of aromatic amines is 2. The number of para-hydroxylation sites is 1. The summed E-state index contributed by atoms with van der Waals surface area (Å²) in [5, 5.41) is 7.92. The fourth-order valence-corrected chi connectivity index (χ4v) is 2.34. The second kappa shape index (κ2) is 5.40. The Bertz CT molecular complexity index is 773. The average Bonchev–Trinajstić information content (AvgIpc) is 3.06. The topological polar surface area (TPSA) is 77.7 Å². The largest absolute Gasteiger partial charge is 0.361 e. The van der Waals surface area contributed by atoms with Gasteiger partial charge in [0.1, 0.15) is 5.82 Å². The molecule has 0 aliphatic rings. The molecule has 0 aliphatic carbocycles. The van der Waals surface area contributed by atoms with Gasteiger partial charge in [-0.2, -0.15) is 5.10 Å². The molecule has 0 saturated carbocycles. The quantitative estimate of drug-likeness (QED) is 0.766. The van der Waals surface area contributed by atoms with Gasteiger partial charge in [0, 0.05) is 24.1 Å². The molecule has 0 spiro atoms. The lowest BCUT2D eigenvalue weighted by atomic mass is 10.1. The lowest BCUT2D eigenvalue weighted by Crippen LogP contribution is -2.28. The van der Waals surface area contributed by atoms with E-state index in [2.05, 4.69) is 20.2 Å². The summed E-state index contributed by atoms with van der Waals surface area (Å²) in [6.45, 7) is 2.25. The number of aryl methyl sites for hydroxylation is 1. The Kier molecular flexibility index (Phi) is 3.43. The van der Waals surface area contributed by atoms with Gasteiger partial charge in [0.2, 0.25) is 5.91 Å². The zero-order valence-corrected chi connectivity index (χ0v) is 12.1. The molecule has 2 aromatic heterocycles. The number of nitrogens with one attached hydrogen (secondary N) is 2. The number of amides is 1. The summed E-state index contributed by atoms with van der Waals surface area (Å²) < 4.78 is 0. The standard InChI is InChI=1S/C15H17N5O/c1-10-17-14(19-18-10)9-20(2)15(21)7-11-8-16-13-6-4-3-5-12(11)13/h3-6,8,16H,7,9H2,1-2H3,(H,17,18,19). The molecule has 0 radical (unpaired) electrons. The Hall–Kier alpha value is -2.63. The van der Waals surface area contributed by atoms with Crippen LogP contribution in [0.4, 0.5) is 0 Å². The number of benzene rings is 1. The zero-order chi connectivity index (χ0) is 14.8. The number of carbonyl (C=O) groups is 1. The minimum Gasteiger partial charge on any atom is -0.361 e. The van der Waals surface area contributed by atoms with Gasteiger partial charge in [0.25, 0.3) is 0 Å². The Balaban J connectivity index is 1.70. The fourth-order valence-electron chi connectivity index (χ4n) is 2.34. The maximum Gasteiger partial charge on any atom is 0.227 e. The normalized spacial score (nSPS) is 11.0. The third kappa shape index (κ3) is 2.79. The molecule has 2 heterocycles. The van der Waals surface area contributed by atoms with E-state index in [-0.39, 0.29) is 5.91 Å². The monoisotopic (exact) mass is 283 g/mol. The van der Waals surface area contributed by atoms with E-state index in [9.17, 15) is 4.79 Å². The van der Waals surface area contributed by atoms with Crippen molar-refractivity contribution in [2.75, 3.05) is 7.05 Å². The molecule has 108 valence electrons. The molecule has 0 aliphatic heterocycles. The number of nitrogens with zero attached hydrogens (tertiary/aromatic N) is 3. The van der Waals surface area contributed by atoms with E-state index in [1.165, 1.54) is 0 Å². The average molecular weight is 283 g/mol. The highest BCUT2D eigenvalue weighted by atomic mass is 16.2. The predicted molar refractivity (Wildman–Crippen MR) is 79.6 cm³/mol. The molecule has 1 aromatic carbocycles. The highest BCUT2D eigenvalue weighted by Gasteiger charge is 2.14. The summed E-state index contributed by atoms with van der Waals surface area (Å²) in [5.41, 5.74) is 2.06. The number of H-pyrrole nitrogens is 2. The van der Waals surface area contributed by atoms with Crippen LogP contribution in [0, 0.1) is 6.92 Å². The molecule has 21 heavy (non-hydrogen) atoms. The smallest absolute Gasteiger partial charge is 0.227 e. The van der Waals surface area contributed by atoms with Gasteiger partial charge in [-0.3, -0.25) is 9.89 Å². The van der Waals surface area contributed by atoms with Crippen LogP contribution < -0.4 is 0 Å². The van der Waals surface area contributed by atoms with Crippen LogP contribution in [0.25, 0.3) is 10.9 Å². The van der Waals surface area contributed by atoms with E-state index >= 15 is 0 Å². The van der Waals surface area contributed by atoms with E-state index in [4.69, 9.17) is 0 Å². The van der Waals surface area contributed by atoms with Gasteiger partial charge >= 0.3 is 0 Å². The number of aromatic nitrogens is 4. The van der Waals surface area contributed by atoms with Crippen LogP contribution in [0.15, 0.2) is 30.5 Å². The summed E-state index contributed by atoms with van der Waals surface area (Å²) in [6, 6.07) is 7.98.